The van der Waals surface area contributed by atoms with Crippen LogP contribution in [-0.4, -0.2) is 59.2 Å². The zero-order chi connectivity index (χ0) is 25.7. The average Bonchev–Trinajstić information content (AvgIpc) is 3.52. The fourth-order valence-corrected chi connectivity index (χ4v) is 6.73. The van der Waals surface area contributed by atoms with E-state index < -0.39 is 44.2 Å². The number of benzene rings is 2. The molecule has 2 aromatic rings. The maximum atomic E-state index is 13.3. The van der Waals surface area contributed by atoms with Crippen LogP contribution in [0, 0.1) is 5.41 Å². The minimum Gasteiger partial charge on any atom is -0.395 e. The maximum absolute atomic E-state index is 13.3. The number of carbonyl (C=O) groups excluding carboxylic acids is 2. The number of rotatable bonds is 7. The number of fused-ring (bicyclic) bond motifs is 1. The largest absolute Gasteiger partial charge is 0.395 e. The summed E-state index contributed by atoms with van der Waals surface area (Å²) in [6.07, 6.45) is 4.39. The minimum atomic E-state index is -3.89. The van der Waals surface area contributed by atoms with Gasteiger partial charge in [-0.15, -0.1) is 0 Å². The van der Waals surface area contributed by atoms with Crippen LogP contribution in [0.2, 0.25) is 0 Å². The number of nitrogens with zero attached hydrogens (tertiary/aromatic N) is 1. The van der Waals surface area contributed by atoms with Crippen molar-refractivity contribution in [1.29, 1.82) is 0 Å². The topological polar surface area (TPSA) is 162 Å². The Morgan fingerprint density at radius 1 is 1.06 bits per heavy atom. The normalized spacial score (nSPS) is 19.5. The van der Waals surface area contributed by atoms with Crippen LogP contribution >= 0.6 is 0 Å². The molecular formula is C23H26N4O7S2. The van der Waals surface area contributed by atoms with E-state index in [2.05, 4.69) is 14.9 Å². The first-order valence-corrected chi connectivity index (χ1v) is 14.7. The number of aliphatic hydroxyl groups excluding tert-OH is 1. The molecule has 0 radical (unpaired) electrons. The Balaban J connectivity index is 1.44. The van der Waals surface area contributed by atoms with Crippen LogP contribution in [0.3, 0.4) is 0 Å². The van der Waals surface area contributed by atoms with Crippen molar-refractivity contribution in [3.8, 4) is 0 Å². The zero-order valence-electron chi connectivity index (χ0n) is 19.3. The molecule has 4 N–H and O–H groups in total. The number of aliphatic hydroxyl groups is 1. The van der Waals surface area contributed by atoms with Crippen LogP contribution in [0.4, 0.5) is 17.1 Å². The lowest BCUT2D eigenvalue weighted by Crippen LogP contribution is -2.35. The lowest BCUT2D eigenvalue weighted by Gasteiger charge is -2.35. The van der Waals surface area contributed by atoms with Gasteiger partial charge in [-0.25, -0.2) is 21.6 Å². The lowest BCUT2D eigenvalue weighted by molar-refractivity contribution is 0.0982. The van der Waals surface area contributed by atoms with Gasteiger partial charge in [-0.1, -0.05) is 0 Å². The van der Waals surface area contributed by atoms with E-state index in [-0.39, 0.29) is 21.8 Å². The molecular weight excluding hydrogens is 508 g/mol. The molecule has 2 fully saturated rings. The molecule has 192 valence electrons. The molecule has 11 nitrogen and oxygen atoms in total. The Hall–Kier alpha value is -3.16. The predicted octanol–water partition coefficient (Wildman–Crippen LogP) is 1.49. The van der Waals surface area contributed by atoms with E-state index in [4.69, 9.17) is 5.11 Å². The fraction of sp³-hybridized carbons (Fsp3) is 0.391. The summed E-state index contributed by atoms with van der Waals surface area (Å²) in [5.74, 6) is -1.69. The number of anilines is 3. The van der Waals surface area contributed by atoms with Gasteiger partial charge < -0.3 is 15.3 Å². The van der Waals surface area contributed by atoms with Gasteiger partial charge in [0, 0.05) is 18.8 Å². The number of piperidine rings is 1. The smallest absolute Gasteiger partial charge is 0.266 e. The summed E-state index contributed by atoms with van der Waals surface area (Å²) in [7, 11) is -7.64. The van der Waals surface area contributed by atoms with Crippen LogP contribution in [0.25, 0.3) is 0 Å². The fourth-order valence-electron chi connectivity index (χ4n) is 4.75. The number of amides is 2. The number of nitrogens with one attached hydrogen (secondary N) is 3. The van der Waals surface area contributed by atoms with Gasteiger partial charge in [0.25, 0.3) is 21.8 Å². The van der Waals surface area contributed by atoms with Gasteiger partial charge in [-0.05, 0) is 67.5 Å². The number of hydrogen-bond acceptors (Lipinski definition) is 8. The zero-order valence-corrected chi connectivity index (χ0v) is 20.9. The number of hydrogen-bond donors (Lipinski definition) is 4. The van der Waals surface area contributed by atoms with Gasteiger partial charge in [0.2, 0.25) is 10.0 Å². The van der Waals surface area contributed by atoms with Crippen molar-refractivity contribution >= 4 is 48.9 Å². The molecule has 3 aliphatic rings. The Kier molecular flexibility index (Phi) is 5.96. The standard InChI is InChI=1S/C23H26N4O7S2/c28-11-12-35(31,32)25-16-1-3-17(19(14-16)27-9-7-23(5-6-23)8-10-27)21(29)24-15-2-4-20-18(13-15)22(30)26-36(20,33)34/h1-4,13-14,25,28H,5-12H2,(H,24,29)(H,26,30). The summed E-state index contributed by atoms with van der Waals surface area (Å²) in [6.45, 7) is 0.936. The van der Waals surface area contributed by atoms with Crippen LogP contribution < -0.4 is 19.7 Å². The molecule has 2 heterocycles. The molecule has 0 atom stereocenters. The van der Waals surface area contributed by atoms with Crippen molar-refractivity contribution < 1.29 is 31.5 Å². The van der Waals surface area contributed by atoms with E-state index in [1.54, 1.807) is 6.07 Å². The molecule has 0 bridgehead atoms. The Bertz CT molecular complexity index is 1460. The van der Waals surface area contributed by atoms with Gasteiger partial charge in [0.1, 0.15) is 4.90 Å². The summed E-state index contributed by atoms with van der Waals surface area (Å²) in [6, 6.07) is 8.58. The molecule has 2 amide bonds. The molecule has 2 aliphatic heterocycles. The second kappa shape index (κ2) is 8.75. The molecule has 0 unspecified atom stereocenters. The molecule has 1 saturated carbocycles. The van der Waals surface area contributed by atoms with Crippen molar-refractivity contribution in [2.45, 2.75) is 30.6 Å². The van der Waals surface area contributed by atoms with E-state index in [1.165, 1.54) is 43.2 Å². The SMILES string of the molecule is O=C(Nc1ccc2c(c1)C(=O)NS2(=O)=O)c1ccc(NS(=O)(=O)CCO)cc1N1CCC2(CC1)CC2. The highest BCUT2D eigenvalue weighted by Gasteiger charge is 2.44. The van der Waals surface area contributed by atoms with Crippen LogP contribution in [0.1, 0.15) is 46.4 Å². The van der Waals surface area contributed by atoms with Crippen molar-refractivity contribution in [3.63, 3.8) is 0 Å². The van der Waals surface area contributed by atoms with E-state index in [1.807, 2.05) is 4.72 Å². The summed E-state index contributed by atoms with van der Waals surface area (Å²) in [5, 5.41) is 11.7. The van der Waals surface area contributed by atoms with Crippen molar-refractivity contribution in [1.82, 2.24) is 4.72 Å². The second-order valence-corrected chi connectivity index (χ2v) is 13.0. The minimum absolute atomic E-state index is 0.0487. The van der Waals surface area contributed by atoms with Gasteiger partial charge in [-0.3, -0.25) is 14.3 Å². The van der Waals surface area contributed by atoms with E-state index in [0.717, 1.165) is 25.9 Å². The highest BCUT2D eigenvalue weighted by atomic mass is 32.2. The van der Waals surface area contributed by atoms with Crippen LogP contribution in [-0.2, 0) is 20.0 Å². The van der Waals surface area contributed by atoms with Crippen LogP contribution in [0.15, 0.2) is 41.3 Å². The Morgan fingerprint density at radius 2 is 1.75 bits per heavy atom. The third-order valence-corrected chi connectivity index (χ3v) is 9.65. The van der Waals surface area contributed by atoms with E-state index in [0.29, 0.717) is 16.7 Å². The average molecular weight is 535 g/mol. The predicted molar refractivity (Wildman–Crippen MR) is 133 cm³/mol. The number of carbonyl (C=O) groups is 2. The van der Waals surface area contributed by atoms with E-state index >= 15 is 0 Å². The Morgan fingerprint density at radius 3 is 2.42 bits per heavy atom. The quantitative estimate of drug-likeness (QED) is 0.415. The van der Waals surface area contributed by atoms with Gasteiger partial charge in [-0.2, -0.15) is 0 Å². The number of sulfonamides is 2. The lowest BCUT2D eigenvalue weighted by atomic mass is 9.93. The Labute approximate surface area is 209 Å². The molecule has 1 saturated heterocycles. The molecule has 2 aromatic carbocycles. The van der Waals surface area contributed by atoms with Crippen molar-refractivity contribution in [3.05, 3.63) is 47.5 Å². The first-order chi connectivity index (χ1) is 17.0. The molecule has 0 aromatic heterocycles. The van der Waals surface area contributed by atoms with E-state index in [9.17, 15) is 26.4 Å². The van der Waals surface area contributed by atoms with Gasteiger partial charge in [0.05, 0.1) is 34.9 Å². The summed E-state index contributed by atoms with van der Waals surface area (Å²) >= 11 is 0. The molecule has 13 heteroatoms. The molecule has 1 spiro atoms. The third kappa shape index (κ3) is 4.77. The summed E-state index contributed by atoms with van der Waals surface area (Å²) < 4.78 is 52.6. The second-order valence-electron chi connectivity index (χ2n) is 9.46. The van der Waals surface area contributed by atoms with Gasteiger partial charge >= 0.3 is 0 Å². The first kappa shape index (κ1) is 24.5. The monoisotopic (exact) mass is 534 g/mol. The molecule has 1 aliphatic carbocycles. The third-order valence-electron chi connectivity index (χ3n) is 7.00. The maximum Gasteiger partial charge on any atom is 0.266 e. The first-order valence-electron chi connectivity index (χ1n) is 11.5. The molecule has 5 rings (SSSR count). The van der Waals surface area contributed by atoms with Crippen molar-refractivity contribution in [2.24, 2.45) is 5.41 Å². The van der Waals surface area contributed by atoms with Gasteiger partial charge in [0.15, 0.2) is 0 Å². The van der Waals surface area contributed by atoms with Crippen LogP contribution in [0.5, 0.6) is 0 Å². The van der Waals surface area contributed by atoms with Crippen molar-refractivity contribution in [2.75, 3.05) is 40.4 Å². The molecule has 36 heavy (non-hydrogen) atoms. The summed E-state index contributed by atoms with van der Waals surface area (Å²) in [5.41, 5.74) is 1.75. The summed E-state index contributed by atoms with van der Waals surface area (Å²) in [4.78, 5) is 27.2. The highest BCUT2D eigenvalue weighted by molar-refractivity contribution is 7.92. The highest BCUT2D eigenvalue weighted by Crippen LogP contribution is 2.54.